The first-order chi connectivity index (χ1) is 17.1. The molecule has 0 aliphatic carbocycles. The molecule has 2 N–H and O–H groups in total. The van der Waals surface area contributed by atoms with E-state index in [1.54, 1.807) is 27.7 Å². The molecule has 0 bridgehead atoms. The van der Waals surface area contributed by atoms with Crippen LogP contribution in [0.3, 0.4) is 0 Å². The number of aryl methyl sites for hydroxylation is 2. The lowest BCUT2D eigenvalue weighted by atomic mass is 10.1. The summed E-state index contributed by atoms with van der Waals surface area (Å²) in [5.41, 5.74) is 7.65. The largest absolute Gasteiger partial charge is 0.443 e. The molecule has 0 saturated carbocycles. The second-order valence-electron chi connectivity index (χ2n) is 9.65. The Morgan fingerprint density at radius 2 is 1.64 bits per heavy atom. The van der Waals surface area contributed by atoms with E-state index in [0.717, 1.165) is 61.5 Å². The van der Waals surface area contributed by atoms with Gasteiger partial charge in [0.15, 0.2) is 0 Å². The summed E-state index contributed by atoms with van der Waals surface area (Å²) in [5, 5.41) is 0. The van der Waals surface area contributed by atoms with Gasteiger partial charge in [-0.3, -0.25) is 9.78 Å². The highest BCUT2D eigenvalue weighted by molar-refractivity contribution is 5.74. The lowest BCUT2D eigenvalue weighted by Gasteiger charge is -2.35. The molecular weight excluding hydrogens is 462 g/mol. The third-order valence-corrected chi connectivity index (χ3v) is 5.60. The second kappa shape index (κ2) is 12.2. The number of hydrazine groups is 1. The molecule has 1 aliphatic rings. The SMILES string of the molecule is CC(=O)N1CCN(c2ccc(CCc3cccc(COC(=O)NNC(=O)OC(C)(C)C)c3)nc2)CC1. The Balaban J connectivity index is 1.42. The summed E-state index contributed by atoms with van der Waals surface area (Å²) in [4.78, 5) is 43.7. The Labute approximate surface area is 211 Å². The summed E-state index contributed by atoms with van der Waals surface area (Å²) in [6, 6.07) is 11.9. The van der Waals surface area contributed by atoms with Crippen molar-refractivity contribution < 1.29 is 23.9 Å². The van der Waals surface area contributed by atoms with Crippen molar-refractivity contribution in [2.75, 3.05) is 31.1 Å². The average molecular weight is 498 g/mol. The molecule has 3 amide bonds. The van der Waals surface area contributed by atoms with Crippen molar-refractivity contribution in [2.24, 2.45) is 0 Å². The van der Waals surface area contributed by atoms with Crippen LogP contribution in [-0.2, 0) is 33.7 Å². The van der Waals surface area contributed by atoms with Gasteiger partial charge < -0.3 is 19.3 Å². The van der Waals surface area contributed by atoms with Crippen LogP contribution >= 0.6 is 0 Å². The molecular formula is C26H35N5O5. The van der Waals surface area contributed by atoms with Gasteiger partial charge in [0.2, 0.25) is 5.91 Å². The van der Waals surface area contributed by atoms with Gasteiger partial charge in [-0.15, -0.1) is 0 Å². The van der Waals surface area contributed by atoms with Crippen LogP contribution in [-0.4, -0.2) is 59.8 Å². The number of rotatable bonds is 6. The van der Waals surface area contributed by atoms with Crippen molar-refractivity contribution >= 4 is 23.8 Å². The standard InChI is InChI=1S/C26H35N5O5/c1-19(32)30-12-14-31(15-13-30)23-11-10-22(27-17-23)9-8-20-6-5-7-21(16-20)18-35-24(33)28-29-25(34)36-26(2,3)4/h5-7,10-11,16-17H,8-9,12-15,18H2,1-4H3,(H,28,33)(H,29,34). The first-order valence-corrected chi connectivity index (χ1v) is 12.0. The van der Waals surface area contributed by atoms with E-state index in [1.165, 1.54) is 0 Å². The molecule has 0 unspecified atom stereocenters. The Hall–Kier alpha value is -3.82. The number of benzene rings is 1. The van der Waals surface area contributed by atoms with Gasteiger partial charge in [0.1, 0.15) is 12.2 Å². The maximum atomic E-state index is 11.8. The van der Waals surface area contributed by atoms with Crippen LogP contribution in [0.15, 0.2) is 42.6 Å². The maximum absolute atomic E-state index is 11.8. The number of piperazine rings is 1. The number of ether oxygens (including phenoxy) is 2. The summed E-state index contributed by atoms with van der Waals surface area (Å²) >= 11 is 0. The molecule has 194 valence electrons. The molecule has 0 radical (unpaired) electrons. The first-order valence-electron chi connectivity index (χ1n) is 12.0. The number of anilines is 1. The molecule has 10 heteroatoms. The Morgan fingerprint density at radius 1 is 0.944 bits per heavy atom. The van der Waals surface area contributed by atoms with Crippen molar-refractivity contribution in [1.82, 2.24) is 20.7 Å². The lowest BCUT2D eigenvalue weighted by molar-refractivity contribution is -0.129. The highest BCUT2D eigenvalue weighted by Gasteiger charge is 2.19. The highest BCUT2D eigenvalue weighted by Crippen LogP contribution is 2.17. The normalized spacial score (nSPS) is 13.7. The second-order valence-corrected chi connectivity index (χ2v) is 9.65. The molecule has 1 fully saturated rings. The van der Waals surface area contributed by atoms with Crippen molar-refractivity contribution in [3.63, 3.8) is 0 Å². The summed E-state index contributed by atoms with van der Waals surface area (Å²) in [7, 11) is 0. The Kier molecular flexibility index (Phi) is 9.10. The zero-order valence-corrected chi connectivity index (χ0v) is 21.4. The van der Waals surface area contributed by atoms with Crippen LogP contribution in [0.1, 0.15) is 44.5 Å². The third-order valence-electron chi connectivity index (χ3n) is 5.60. The van der Waals surface area contributed by atoms with Crippen LogP contribution < -0.4 is 15.8 Å². The topological polar surface area (TPSA) is 113 Å². The van der Waals surface area contributed by atoms with Crippen LogP contribution in [0.5, 0.6) is 0 Å². The molecule has 0 atom stereocenters. The molecule has 0 spiro atoms. The molecule has 1 aliphatic heterocycles. The highest BCUT2D eigenvalue weighted by atomic mass is 16.6. The van der Waals surface area contributed by atoms with Gasteiger partial charge >= 0.3 is 12.2 Å². The van der Waals surface area contributed by atoms with Gasteiger partial charge in [-0.2, -0.15) is 0 Å². The quantitative estimate of drug-likeness (QED) is 0.589. The lowest BCUT2D eigenvalue weighted by Crippen LogP contribution is -2.48. The number of aromatic nitrogens is 1. The fourth-order valence-corrected chi connectivity index (χ4v) is 3.77. The number of carbonyl (C=O) groups is 3. The Bertz CT molecular complexity index is 1040. The molecule has 3 rings (SSSR count). The van der Waals surface area contributed by atoms with Gasteiger partial charge in [0, 0.05) is 38.8 Å². The summed E-state index contributed by atoms with van der Waals surface area (Å²) in [6.45, 7) is 9.95. The van der Waals surface area contributed by atoms with Crippen molar-refractivity contribution in [1.29, 1.82) is 0 Å². The number of nitrogens with one attached hydrogen (secondary N) is 2. The number of nitrogens with zero attached hydrogens (tertiary/aromatic N) is 3. The Morgan fingerprint density at radius 3 is 2.28 bits per heavy atom. The smallest absolute Gasteiger partial charge is 0.426 e. The predicted molar refractivity (Wildman–Crippen MR) is 135 cm³/mol. The fraction of sp³-hybridized carbons (Fsp3) is 0.462. The van der Waals surface area contributed by atoms with Crippen molar-refractivity contribution in [3.05, 3.63) is 59.4 Å². The van der Waals surface area contributed by atoms with Gasteiger partial charge in [-0.05, 0) is 56.9 Å². The number of hydrogen-bond donors (Lipinski definition) is 2. The number of pyridine rings is 1. The van der Waals surface area contributed by atoms with E-state index in [0.29, 0.717) is 0 Å². The van der Waals surface area contributed by atoms with E-state index < -0.39 is 17.8 Å². The van der Waals surface area contributed by atoms with E-state index in [2.05, 4.69) is 26.8 Å². The summed E-state index contributed by atoms with van der Waals surface area (Å²) in [5.74, 6) is 0.122. The van der Waals surface area contributed by atoms with Crippen LogP contribution in [0, 0.1) is 0 Å². The van der Waals surface area contributed by atoms with Crippen molar-refractivity contribution in [3.8, 4) is 0 Å². The third kappa shape index (κ3) is 8.75. The van der Waals surface area contributed by atoms with Crippen LogP contribution in [0.4, 0.5) is 15.3 Å². The van der Waals surface area contributed by atoms with E-state index in [1.807, 2.05) is 41.4 Å². The zero-order chi connectivity index (χ0) is 26.1. The minimum absolute atomic E-state index is 0.0690. The van der Waals surface area contributed by atoms with Gasteiger partial charge in [0.05, 0.1) is 11.9 Å². The molecule has 10 nitrogen and oxygen atoms in total. The molecule has 2 aromatic rings. The molecule has 2 heterocycles. The van der Waals surface area contributed by atoms with Crippen LogP contribution in [0.2, 0.25) is 0 Å². The molecule has 1 aromatic heterocycles. The number of hydrogen-bond acceptors (Lipinski definition) is 7. The minimum Gasteiger partial charge on any atom is -0.443 e. The first kappa shape index (κ1) is 26.8. The van der Waals surface area contributed by atoms with E-state index in [-0.39, 0.29) is 12.5 Å². The summed E-state index contributed by atoms with van der Waals surface area (Å²) in [6.07, 6.45) is 1.93. The molecule has 1 saturated heterocycles. The summed E-state index contributed by atoms with van der Waals surface area (Å²) < 4.78 is 10.2. The fourth-order valence-electron chi connectivity index (χ4n) is 3.77. The van der Waals surface area contributed by atoms with E-state index >= 15 is 0 Å². The number of carbonyl (C=O) groups excluding carboxylic acids is 3. The van der Waals surface area contributed by atoms with Gasteiger partial charge in [-0.1, -0.05) is 24.3 Å². The van der Waals surface area contributed by atoms with E-state index in [9.17, 15) is 14.4 Å². The molecule has 1 aromatic carbocycles. The predicted octanol–water partition coefficient (Wildman–Crippen LogP) is 3.20. The number of amides is 3. The maximum Gasteiger partial charge on any atom is 0.426 e. The van der Waals surface area contributed by atoms with E-state index in [4.69, 9.17) is 9.47 Å². The van der Waals surface area contributed by atoms with Gasteiger partial charge in [0.25, 0.3) is 0 Å². The zero-order valence-electron chi connectivity index (χ0n) is 21.4. The van der Waals surface area contributed by atoms with Crippen LogP contribution in [0.25, 0.3) is 0 Å². The molecule has 36 heavy (non-hydrogen) atoms. The van der Waals surface area contributed by atoms with Crippen molar-refractivity contribution in [2.45, 2.75) is 52.7 Å². The minimum atomic E-state index is -0.779. The monoisotopic (exact) mass is 497 g/mol. The van der Waals surface area contributed by atoms with Gasteiger partial charge in [-0.25, -0.2) is 20.4 Å². The average Bonchev–Trinajstić information content (AvgIpc) is 2.84.